The Labute approximate surface area is 115 Å². The van der Waals surface area contributed by atoms with E-state index in [0.717, 1.165) is 18.3 Å². The number of hydrogen-bond acceptors (Lipinski definition) is 2. The fourth-order valence-electron chi connectivity index (χ4n) is 2.16. The van der Waals surface area contributed by atoms with Crippen LogP contribution in [0.1, 0.15) is 15.9 Å². The molecule has 0 aliphatic carbocycles. The molecule has 0 amide bonds. The molecule has 2 aromatic heterocycles. The molecular formula is C13H8F3N3O2. The first-order chi connectivity index (χ1) is 9.88. The molecular weight excluding hydrogens is 287 g/mol. The van der Waals surface area contributed by atoms with Crippen LogP contribution in [0.3, 0.4) is 0 Å². The van der Waals surface area contributed by atoms with Crippen LogP contribution in [0.4, 0.5) is 13.2 Å². The van der Waals surface area contributed by atoms with Gasteiger partial charge in [-0.3, -0.25) is 5.10 Å². The van der Waals surface area contributed by atoms with Crippen molar-refractivity contribution in [2.24, 2.45) is 0 Å². The van der Waals surface area contributed by atoms with Crippen LogP contribution < -0.4 is 0 Å². The van der Waals surface area contributed by atoms with E-state index < -0.39 is 17.7 Å². The van der Waals surface area contributed by atoms with Gasteiger partial charge in [0.1, 0.15) is 5.56 Å². The predicted octanol–water partition coefficient (Wildman–Crippen LogP) is 3.28. The SMILES string of the molecule is O=C(O)c1cn[nH]c1-c1c[nH]c2ccc(C(F)(F)F)cc12. The summed E-state index contributed by atoms with van der Waals surface area (Å²) in [5, 5.41) is 15.5. The maximum Gasteiger partial charge on any atom is 0.416 e. The molecule has 0 saturated heterocycles. The Hall–Kier alpha value is -2.77. The molecule has 3 rings (SSSR count). The van der Waals surface area contributed by atoms with E-state index in [1.165, 1.54) is 12.3 Å². The number of carboxylic acids is 1. The number of nitrogens with zero attached hydrogens (tertiary/aromatic N) is 1. The standard InChI is InChI=1S/C13H8F3N3O2/c14-13(15,16)6-1-2-10-7(3-6)8(4-17-10)11-9(12(20)21)5-18-19-11/h1-5,17H,(H,18,19)(H,20,21). The number of fused-ring (bicyclic) bond motifs is 1. The second-order valence-corrected chi connectivity index (χ2v) is 4.42. The van der Waals surface area contributed by atoms with Crippen LogP contribution >= 0.6 is 0 Å². The van der Waals surface area contributed by atoms with Gasteiger partial charge in [0.2, 0.25) is 0 Å². The van der Waals surface area contributed by atoms with E-state index in [1.807, 2.05) is 0 Å². The highest BCUT2D eigenvalue weighted by Crippen LogP contribution is 2.35. The molecule has 5 nitrogen and oxygen atoms in total. The highest BCUT2D eigenvalue weighted by Gasteiger charge is 2.31. The molecule has 0 saturated carbocycles. The van der Waals surface area contributed by atoms with E-state index >= 15 is 0 Å². The minimum Gasteiger partial charge on any atom is -0.478 e. The second-order valence-electron chi connectivity index (χ2n) is 4.42. The van der Waals surface area contributed by atoms with Crippen LogP contribution in [-0.2, 0) is 6.18 Å². The van der Waals surface area contributed by atoms with E-state index in [4.69, 9.17) is 5.11 Å². The quantitative estimate of drug-likeness (QED) is 0.678. The molecule has 0 atom stereocenters. The van der Waals surface area contributed by atoms with Crippen LogP contribution in [0, 0.1) is 0 Å². The molecule has 0 radical (unpaired) electrons. The van der Waals surface area contributed by atoms with Crippen LogP contribution in [0.2, 0.25) is 0 Å². The number of aromatic nitrogens is 3. The highest BCUT2D eigenvalue weighted by molar-refractivity contribution is 6.02. The van der Waals surface area contributed by atoms with Crippen molar-refractivity contribution in [2.75, 3.05) is 0 Å². The minimum atomic E-state index is -4.47. The maximum absolute atomic E-state index is 12.8. The topological polar surface area (TPSA) is 81.8 Å². The minimum absolute atomic E-state index is 0.103. The third-order valence-electron chi connectivity index (χ3n) is 3.15. The molecule has 0 spiro atoms. The van der Waals surface area contributed by atoms with Gasteiger partial charge in [-0.05, 0) is 18.2 Å². The van der Waals surface area contributed by atoms with Gasteiger partial charge in [0.25, 0.3) is 0 Å². The molecule has 0 fully saturated rings. The highest BCUT2D eigenvalue weighted by atomic mass is 19.4. The van der Waals surface area contributed by atoms with Crippen LogP contribution in [0.5, 0.6) is 0 Å². The first-order valence-electron chi connectivity index (χ1n) is 5.83. The smallest absolute Gasteiger partial charge is 0.416 e. The van der Waals surface area contributed by atoms with Crippen molar-refractivity contribution < 1.29 is 23.1 Å². The van der Waals surface area contributed by atoms with Crippen molar-refractivity contribution >= 4 is 16.9 Å². The Morgan fingerprint density at radius 2 is 2.05 bits per heavy atom. The van der Waals surface area contributed by atoms with E-state index in [1.54, 1.807) is 0 Å². The van der Waals surface area contributed by atoms with Gasteiger partial charge in [0.05, 0.1) is 17.5 Å². The fraction of sp³-hybridized carbons (Fsp3) is 0.0769. The average molecular weight is 295 g/mol. The summed E-state index contributed by atoms with van der Waals surface area (Å²) in [6.07, 6.45) is -1.90. The zero-order chi connectivity index (χ0) is 15.2. The van der Waals surface area contributed by atoms with Gasteiger partial charge in [0.15, 0.2) is 0 Å². The van der Waals surface area contributed by atoms with Gasteiger partial charge in [-0.25, -0.2) is 4.79 Å². The number of carbonyl (C=O) groups is 1. The molecule has 0 aliphatic heterocycles. The molecule has 1 aromatic carbocycles. The van der Waals surface area contributed by atoms with Gasteiger partial charge in [0, 0.05) is 22.7 Å². The van der Waals surface area contributed by atoms with Crippen molar-refractivity contribution in [3.05, 3.63) is 41.7 Å². The number of aromatic amines is 2. The molecule has 3 N–H and O–H groups in total. The Morgan fingerprint density at radius 3 is 2.71 bits per heavy atom. The zero-order valence-electron chi connectivity index (χ0n) is 10.3. The lowest BCUT2D eigenvalue weighted by molar-refractivity contribution is -0.137. The molecule has 2 heterocycles. The normalized spacial score (nSPS) is 12.0. The molecule has 0 bridgehead atoms. The van der Waals surface area contributed by atoms with Crippen LogP contribution in [0.15, 0.2) is 30.6 Å². The summed E-state index contributed by atoms with van der Waals surface area (Å²) in [7, 11) is 0. The Morgan fingerprint density at radius 1 is 1.29 bits per heavy atom. The first-order valence-corrected chi connectivity index (χ1v) is 5.83. The van der Waals surface area contributed by atoms with Crippen molar-refractivity contribution in [1.29, 1.82) is 0 Å². The van der Waals surface area contributed by atoms with Gasteiger partial charge in [-0.1, -0.05) is 0 Å². The largest absolute Gasteiger partial charge is 0.478 e. The number of halogens is 3. The summed E-state index contributed by atoms with van der Waals surface area (Å²) in [6, 6.07) is 3.25. The van der Waals surface area contributed by atoms with Crippen molar-refractivity contribution in [2.45, 2.75) is 6.18 Å². The van der Waals surface area contributed by atoms with Gasteiger partial charge in [-0.2, -0.15) is 18.3 Å². The number of aromatic carboxylic acids is 1. The number of benzene rings is 1. The zero-order valence-corrected chi connectivity index (χ0v) is 10.3. The number of nitrogens with one attached hydrogen (secondary N) is 2. The third-order valence-corrected chi connectivity index (χ3v) is 3.15. The summed E-state index contributed by atoms with van der Waals surface area (Å²) >= 11 is 0. The number of H-pyrrole nitrogens is 2. The Bertz CT molecular complexity index is 833. The van der Waals surface area contributed by atoms with Crippen molar-refractivity contribution in [1.82, 2.24) is 15.2 Å². The maximum atomic E-state index is 12.8. The molecule has 8 heteroatoms. The lowest BCUT2D eigenvalue weighted by atomic mass is 10.0. The summed E-state index contributed by atoms with van der Waals surface area (Å²) in [6.45, 7) is 0. The van der Waals surface area contributed by atoms with E-state index in [0.29, 0.717) is 11.1 Å². The number of hydrogen-bond donors (Lipinski definition) is 3. The third kappa shape index (κ3) is 2.14. The van der Waals surface area contributed by atoms with Crippen molar-refractivity contribution in [3.8, 4) is 11.3 Å². The monoisotopic (exact) mass is 295 g/mol. The first kappa shape index (κ1) is 13.2. The fourth-order valence-corrected chi connectivity index (χ4v) is 2.16. The summed E-state index contributed by atoms with van der Waals surface area (Å²) in [5.74, 6) is -1.21. The molecule has 3 aromatic rings. The molecule has 21 heavy (non-hydrogen) atoms. The number of rotatable bonds is 2. The van der Waals surface area contributed by atoms with E-state index in [9.17, 15) is 18.0 Å². The number of alkyl halides is 3. The molecule has 0 aliphatic rings. The van der Waals surface area contributed by atoms with E-state index in [2.05, 4.69) is 15.2 Å². The second kappa shape index (κ2) is 4.37. The van der Waals surface area contributed by atoms with E-state index in [-0.39, 0.29) is 16.6 Å². The van der Waals surface area contributed by atoms with Crippen molar-refractivity contribution in [3.63, 3.8) is 0 Å². The lowest BCUT2D eigenvalue weighted by Gasteiger charge is -2.06. The summed E-state index contributed by atoms with van der Waals surface area (Å²) in [5.41, 5.74) is 0.0589. The summed E-state index contributed by atoms with van der Waals surface area (Å²) < 4.78 is 38.3. The van der Waals surface area contributed by atoms with Crippen LogP contribution in [0.25, 0.3) is 22.2 Å². The van der Waals surface area contributed by atoms with Crippen LogP contribution in [-0.4, -0.2) is 26.3 Å². The molecule has 0 unspecified atom stereocenters. The Balaban J connectivity index is 2.24. The predicted molar refractivity (Wildman–Crippen MR) is 67.8 cm³/mol. The van der Waals surface area contributed by atoms with Gasteiger partial charge < -0.3 is 10.1 Å². The number of carboxylic acid groups (broad SMARTS) is 1. The molecule has 108 valence electrons. The average Bonchev–Trinajstić information content (AvgIpc) is 3.02. The van der Waals surface area contributed by atoms with Gasteiger partial charge >= 0.3 is 12.1 Å². The van der Waals surface area contributed by atoms with Gasteiger partial charge in [-0.15, -0.1) is 0 Å². The lowest BCUT2D eigenvalue weighted by Crippen LogP contribution is -2.04. The summed E-state index contributed by atoms with van der Waals surface area (Å²) in [4.78, 5) is 13.9. The Kier molecular flexibility index (Phi) is 2.75.